The van der Waals surface area contributed by atoms with E-state index in [1.807, 2.05) is 6.20 Å². The van der Waals surface area contributed by atoms with Crippen LogP contribution in [0.3, 0.4) is 0 Å². The molecular weight excluding hydrogens is 337 g/mol. The maximum atomic E-state index is 4.22. The Bertz CT molecular complexity index is 318. The SMILES string of the molecule is CCCCCCCCCCNc1ncncc1I. The lowest BCUT2D eigenvalue weighted by Gasteiger charge is -2.06. The van der Waals surface area contributed by atoms with Gasteiger partial charge in [0.05, 0.1) is 3.57 Å². The molecule has 4 heteroatoms. The molecule has 0 unspecified atom stereocenters. The highest BCUT2D eigenvalue weighted by atomic mass is 127. The lowest BCUT2D eigenvalue weighted by molar-refractivity contribution is 0.581. The van der Waals surface area contributed by atoms with Gasteiger partial charge in [-0.15, -0.1) is 0 Å². The monoisotopic (exact) mass is 361 g/mol. The van der Waals surface area contributed by atoms with E-state index in [-0.39, 0.29) is 0 Å². The standard InChI is InChI=1S/C14H24IN3/c1-2-3-4-5-6-7-8-9-10-17-14-13(15)11-16-12-18-14/h11-12H,2-10H2,1H3,(H,16,17,18). The van der Waals surface area contributed by atoms with Crippen molar-refractivity contribution >= 4 is 28.4 Å². The van der Waals surface area contributed by atoms with E-state index in [1.165, 1.54) is 51.4 Å². The molecule has 0 amide bonds. The summed E-state index contributed by atoms with van der Waals surface area (Å²) in [4.78, 5) is 8.20. The molecule has 0 spiro atoms. The second-order valence-corrected chi connectivity index (χ2v) is 5.78. The molecule has 0 fully saturated rings. The van der Waals surface area contributed by atoms with Crippen LogP contribution in [-0.4, -0.2) is 16.5 Å². The fourth-order valence-corrected chi connectivity index (χ4v) is 2.40. The number of unbranched alkanes of at least 4 members (excludes halogenated alkanes) is 7. The Hall–Kier alpha value is -0.390. The number of anilines is 1. The molecule has 0 radical (unpaired) electrons. The van der Waals surface area contributed by atoms with Gasteiger partial charge >= 0.3 is 0 Å². The second-order valence-electron chi connectivity index (χ2n) is 4.62. The van der Waals surface area contributed by atoms with E-state index in [1.54, 1.807) is 6.33 Å². The van der Waals surface area contributed by atoms with E-state index in [4.69, 9.17) is 0 Å². The Kier molecular flexibility index (Phi) is 9.16. The van der Waals surface area contributed by atoms with Gasteiger partial charge in [-0.1, -0.05) is 51.9 Å². The van der Waals surface area contributed by atoms with E-state index in [0.717, 1.165) is 15.9 Å². The highest BCUT2D eigenvalue weighted by Crippen LogP contribution is 2.13. The van der Waals surface area contributed by atoms with Crippen molar-refractivity contribution in [3.8, 4) is 0 Å². The van der Waals surface area contributed by atoms with Crippen molar-refractivity contribution in [1.29, 1.82) is 0 Å². The Balaban J connectivity index is 1.94. The molecule has 18 heavy (non-hydrogen) atoms. The molecule has 1 aromatic rings. The topological polar surface area (TPSA) is 37.8 Å². The molecule has 0 aliphatic carbocycles. The smallest absolute Gasteiger partial charge is 0.142 e. The normalized spacial score (nSPS) is 10.6. The van der Waals surface area contributed by atoms with Crippen LogP contribution in [-0.2, 0) is 0 Å². The van der Waals surface area contributed by atoms with Crippen molar-refractivity contribution in [3.63, 3.8) is 0 Å². The molecule has 1 N–H and O–H groups in total. The summed E-state index contributed by atoms with van der Waals surface area (Å²) in [7, 11) is 0. The van der Waals surface area contributed by atoms with Crippen molar-refractivity contribution in [1.82, 2.24) is 9.97 Å². The van der Waals surface area contributed by atoms with Gasteiger partial charge in [0.25, 0.3) is 0 Å². The highest BCUT2D eigenvalue weighted by Gasteiger charge is 1.98. The first-order valence-corrected chi connectivity index (χ1v) is 8.12. The maximum Gasteiger partial charge on any atom is 0.142 e. The molecule has 102 valence electrons. The Labute approximate surface area is 124 Å². The number of hydrogen-bond acceptors (Lipinski definition) is 3. The van der Waals surface area contributed by atoms with E-state index < -0.39 is 0 Å². The van der Waals surface area contributed by atoms with Crippen molar-refractivity contribution in [2.24, 2.45) is 0 Å². The lowest BCUT2D eigenvalue weighted by Crippen LogP contribution is -2.05. The van der Waals surface area contributed by atoms with Gasteiger partial charge in [0.2, 0.25) is 0 Å². The average molecular weight is 361 g/mol. The summed E-state index contributed by atoms with van der Waals surface area (Å²) in [6, 6.07) is 0. The predicted octanol–water partition coefficient (Wildman–Crippen LogP) is 4.63. The number of nitrogens with one attached hydrogen (secondary N) is 1. The molecule has 1 heterocycles. The molecular formula is C14H24IN3. The van der Waals surface area contributed by atoms with Crippen LogP contribution in [0.4, 0.5) is 5.82 Å². The average Bonchev–Trinajstić information content (AvgIpc) is 2.39. The summed E-state index contributed by atoms with van der Waals surface area (Å²) in [5, 5.41) is 3.37. The van der Waals surface area contributed by atoms with Gasteiger partial charge in [0.1, 0.15) is 12.1 Å². The minimum Gasteiger partial charge on any atom is -0.369 e. The molecule has 0 bridgehead atoms. The fraction of sp³-hybridized carbons (Fsp3) is 0.714. The van der Waals surface area contributed by atoms with Gasteiger partial charge in [-0.3, -0.25) is 0 Å². The van der Waals surface area contributed by atoms with Crippen LogP contribution in [0, 0.1) is 3.57 Å². The van der Waals surface area contributed by atoms with Crippen LogP contribution in [0.25, 0.3) is 0 Å². The lowest BCUT2D eigenvalue weighted by atomic mass is 10.1. The van der Waals surface area contributed by atoms with Crippen LogP contribution in [0.5, 0.6) is 0 Å². The molecule has 0 aliphatic rings. The third kappa shape index (κ3) is 7.13. The summed E-state index contributed by atoms with van der Waals surface area (Å²) in [6.07, 6.45) is 14.3. The molecule has 0 saturated heterocycles. The number of rotatable bonds is 10. The van der Waals surface area contributed by atoms with Crippen LogP contribution in [0.2, 0.25) is 0 Å². The van der Waals surface area contributed by atoms with Crippen molar-refractivity contribution in [2.75, 3.05) is 11.9 Å². The first-order chi connectivity index (χ1) is 8.84. The summed E-state index contributed by atoms with van der Waals surface area (Å²) in [6.45, 7) is 3.28. The number of halogens is 1. The maximum absolute atomic E-state index is 4.22. The third-order valence-corrected chi connectivity index (χ3v) is 3.78. The zero-order valence-electron chi connectivity index (χ0n) is 11.3. The van der Waals surface area contributed by atoms with Crippen molar-refractivity contribution in [2.45, 2.75) is 58.3 Å². The number of hydrogen-bond donors (Lipinski definition) is 1. The zero-order valence-corrected chi connectivity index (χ0v) is 13.4. The van der Waals surface area contributed by atoms with E-state index in [2.05, 4.69) is 44.8 Å². The summed E-state index contributed by atoms with van der Waals surface area (Å²) in [5.41, 5.74) is 0. The first kappa shape index (κ1) is 15.7. The van der Waals surface area contributed by atoms with Crippen molar-refractivity contribution in [3.05, 3.63) is 16.1 Å². The van der Waals surface area contributed by atoms with Crippen LogP contribution < -0.4 is 5.32 Å². The van der Waals surface area contributed by atoms with Gasteiger partial charge < -0.3 is 5.32 Å². The quantitative estimate of drug-likeness (QED) is 0.488. The molecule has 0 aliphatic heterocycles. The Morgan fingerprint density at radius 1 is 1.06 bits per heavy atom. The van der Waals surface area contributed by atoms with Crippen LogP contribution >= 0.6 is 22.6 Å². The van der Waals surface area contributed by atoms with Gasteiger partial charge in [-0.05, 0) is 29.0 Å². The molecule has 0 aromatic carbocycles. The van der Waals surface area contributed by atoms with E-state index in [0.29, 0.717) is 0 Å². The van der Waals surface area contributed by atoms with E-state index >= 15 is 0 Å². The van der Waals surface area contributed by atoms with Crippen molar-refractivity contribution < 1.29 is 0 Å². The largest absolute Gasteiger partial charge is 0.369 e. The van der Waals surface area contributed by atoms with Crippen LogP contribution in [0.1, 0.15) is 58.3 Å². The predicted molar refractivity (Wildman–Crippen MR) is 85.8 cm³/mol. The van der Waals surface area contributed by atoms with E-state index in [9.17, 15) is 0 Å². The number of aromatic nitrogens is 2. The van der Waals surface area contributed by atoms with Gasteiger partial charge in [-0.25, -0.2) is 9.97 Å². The van der Waals surface area contributed by atoms with Gasteiger partial charge in [0, 0.05) is 12.7 Å². The Morgan fingerprint density at radius 2 is 1.72 bits per heavy atom. The molecule has 3 nitrogen and oxygen atoms in total. The molecule has 0 atom stereocenters. The summed E-state index contributed by atoms with van der Waals surface area (Å²) < 4.78 is 1.09. The van der Waals surface area contributed by atoms with Crippen LogP contribution in [0.15, 0.2) is 12.5 Å². The molecule has 1 aromatic heterocycles. The molecule has 0 saturated carbocycles. The summed E-state index contributed by atoms with van der Waals surface area (Å²) in [5.74, 6) is 0.966. The summed E-state index contributed by atoms with van der Waals surface area (Å²) >= 11 is 2.26. The first-order valence-electron chi connectivity index (χ1n) is 7.04. The molecule has 1 rings (SSSR count). The minimum absolute atomic E-state index is 0.966. The van der Waals surface area contributed by atoms with Gasteiger partial charge in [0.15, 0.2) is 0 Å². The van der Waals surface area contributed by atoms with Gasteiger partial charge in [-0.2, -0.15) is 0 Å². The third-order valence-electron chi connectivity index (χ3n) is 2.99. The minimum atomic E-state index is 0.966. The zero-order chi connectivity index (χ0) is 13.1. The second kappa shape index (κ2) is 10.5. The highest BCUT2D eigenvalue weighted by molar-refractivity contribution is 14.1. The fourth-order valence-electron chi connectivity index (χ4n) is 1.91. The Morgan fingerprint density at radius 3 is 2.39 bits per heavy atom. The number of nitrogens with zero attached hydrogens (tertiary/aromatic N) is 2.